The molecule has 31 heavy (non-hydrogen) atoms. The summed E-state index contributed by atoms with van der Waals surface area (Å²) in [5.74, 6) is -0.289. The van der Waals surface area contributed by atoms with Gasteiger partial charge in [-0.15, -0.1) is 0 Å². The van der Waals surface area contributed by atoms with Gasteiger partial charge in [0.15, 0.2) is 5.13 Å². The normalized spacial score (nSPS) is 15.8. The first-order valence-electron chi connectivity index (χ1n) is 9.97. The van der Waals surface area contributed by atoms with Crippen LogP contribution in [0, 0.1) is 11.7 Å². The Balaban J connectivity index is 1.40. The molecular formula is C21H22FN3O4S2. The first-order valence-corrected chi connectivity index (χ1v) is 12.2. The van der Waals surface area contributed by atoms with Gasteiger partial charge in [0, 0.05) is 19.0 Å². The minimum absolute atomic E-state index is 0.0522. The number of amides is 1. The SMILES string of the molecule is CCOc1cccc2sc(NC(=O)C3CCN(S(=O)(=O)c4ccc(F)cc4)CC3)nc12. The molecule has 2 aromatic carbocycles. The Morgan fingerprint density at radius 2 is 1.94 bits per heavy atom. The maximum absolute atomic E-state index is 13.1. The van der Waals surface area contributed by atoms with Gasteiger partial charge in [-0.05, 0) is 56.2 Å². The summed E-state index contributed by atoms with van der Waals surface area (Å²) in [6, 6.07) is 10.4. The van der Waals surface area contributed by atoms with E-state index in [-0.39, 0.29) is 29.8 Å². The molecule has 3 aromatic rings. The number of fused-ring (bicyclic) bond motifs is 1. The number of nitrogens with zero attached hydrogens (tertiary/aromatic N) is 2. The molecule has 1 N–H and O–H groups in total. The number of carbonyl (C=O) groups excluding carboxylic acids is 1. The molecule has 1 fully saturated rings. The lowest BCUT2D eigenvalue weighted by Gasteiger charge is -2.30. The van der Waals surface area contributed by atoms with Crippen molar-refractivity contribution in [2.75, 3.05) is 25.0 Å². The van der Waals surface area contributed by atoms with Crippen molar-refractivity contribution < 1.29 is 22.3 Å². The van der Waals surface area contributed by atoms with Crippen molar-refractivity contribution in [3.63, 3.8) is 0 Å². The van der Waals surface area contributed by atoms with Crippen molar-refractivity contribution in [3.8, 4) is 5.75 Å². The fraction of sp³-hybridized carbons (Fsp3) is 0.333. The van der Waals surface area contributed by atoms with Gasteiger partial charge in [0.1, 0.15) is 17.1 Å². The minimum atomic E-state index is -3.70. The standard InChI is InChI=1S/C21H22FN3O4S2/c1-2-29-17-4-3-5-18-19(17)23-21(30-18)24-20(26)14-10-12-25(13-11-14)31(27,28)16-8-6-15(22)7-9-16/h3-9,14H,2,10-13H2,1H3,(H,23,24,26). The number of rotatable bonds is 6. The van der Waals surface area contributed by atoms with Gasteiger partial charge in [-0.1, -0.05) is 17.4 Å². The van der Waals surface area contributed by atoms with E-state index in [0.717, 1.165) is 16.8 Å². The van der Waals surface area contributed by atoms with E-state index in [1.54, 1.807) is 0 Å². The van der Waals surface area contributed by atoms with E-state index >= 15 is 0 Å². The molecular weight excluding hydrogens is 441 g/mol. The Morgan fingerprint density at radius 3 is 2.61 bits per heavy atom. The fourth-order valence-electron chi connectivity index (χ4n) is 3.57. The van der Waals surface area contributed by atoms with Gasteiger partial charge in [0.2, 0.25) is 15.9 Å². The number of piperidine rings is 1. The number of thiazole rings is 1. The molecule has 0 radical (unpaired) electrons. The van der Waals surface area contributed by atoms with Crippen molar-refractivity contribution in [2.45, 2.75) is 24.7 Å². The van der Waals surface area contributed by atoms with E-state index in [1.807, 2.05) is 25.1 Å². The highest BCUT2D eigenvalue weighted by Crippen LogP contribution is 2.33. The van der Waals surface area contributed by atoms with E-state index in [9.17, 15) is 17.6 Å². The lowest BCUT2D eigenvalue weighted by atomic mass is 9.97. The lowest BCUT2D eigenvalue weighted by molar-refractivity contribution is -0.120. The third-order valence-electron chi connectivity index (χ3n) is 5.19. The Labute approximate surface area is 183 Å². The van der Waals surface area contributed by atoms with E-state index in [2.05, 4.69) is 10.3 Å². The van der Waals surface area contributed by atoms with Crippen LogP contribution in [0.1, 0.15) is 19.8 Å². The van der Waals surface area contributed by atoms with Crippen LogP contribution in [-0.2, 0) is 14.8 Å². The van der Waals surface area contributed by atoms with Crippen LogP contribution in [0.3, 0.4) is 0 Å². The molecule has 1 saturated heterocycles. The zero-order valence-corrected chi connectivity index (χ0v) is 18.5. The highest BCUT2D eigenvalue weighted by atomic mass is 32.2. The van der Waals surface area contributed by atoms with Gasteiger partial charge < -0.3 is 10.1 Å². The molecule has 1 aliphatic heterocycles. The summed E-state index contributed by atoms with van der Waals surface area (Å²) in [4.78, 5) is 17.3. The number of sulfonamides is 1. The van der Waals surface area contributed by atoms with Crippen LogP contribution in [0.25, 0.3) is 10.2 Å². The zero-order chi connectivity index (χ0) is 22.0. The van der Waals surface area contributed by atoms with Crippen molar-refractivity contribution >= 4 is 42.6 Å². The fourth-order valence-corrected chi connectivity index (χ4v) is 5.93. The van der Waals surface area contributed by atoms with Crippen LogP contribution in [0.15, 0.2) is 47.4 Å². The van der Waals surface area contributed by atoms with Crippen molar-refractivity contribution in [1.29, 1.82) is 0 Å². The second-order valence-corrected chi connectivity index (χ2v) is 10.1. The van der Waals surface area contributed by atoms with Crippen LogP contribution in [0.2, 0.25) is 0 Å². The Hall–Kier alpha value is -2.56. The molecule has 0 atom stereocenters. The number of hydrogen-bond acceptors (Lipinski definition) is 6. The molecule has 164 valence electrons. The van der Waals surface area contributed by atoms with E-state index in [0.29, 0.717) is 35.8 Å². The molecule has 0 aliphatic carbocycles. The monoisotopic (exact) mass is 463 g/mol. The minimum Gasteiger partial charge on any atom is -0.492 e. The molecule has 7 nitrogen and oxygen atoms in total. The van der Waals surface area contributed by atoms with Crippen molar-refractivity contribution in [1.82, 2.24) is 9.29 Å². The van der Waals surface area contributed by atoms with Gasteiger partial charge in [0.25, 0.3) is 0 Å². The summed E-state index contributed by atoms with van der Waals surface area (Å²) < 4.78 is 46.4. The smallest absolute Gasteiger partial charge is 0.243 e. The maximum Gasteiger partial charge on any atom is 0.243 e. The molecule has 0 bridgehead atoms. The summed E-state index contributed by atoms with van der Waals surface area (Å²) in [7, 11) is -3.70. The third-order valence-corrected chi connectivity index (χ3v) is 8.04. The molecule has 1 aromatic heterocycles. The average molecular weight is 464 g/mol. The number of para-hydroxylation sites is 1. The molecule has 2 heterocycles. The number of nitrogens with one attached hydrogen (secondary N) is 1. The van der Waals surface area contributed by atoms with Gasteiger partial charge in [-0.3, -0.25) is 4.79 Å². The van der Waals surface area contributed by atoms with Crippen LogP contribution in [-0.4, -0.2) is 43.3 Å². The number of halogens is 1. The predicted octanol–water partition coefficient (Wildman–Crippen LogP) is 3.87. The van der Waals surface area contributed by atoms with E-state index < -0.39 is 15.8 Å². The second-order valence-electron chi connectivity index (χ2n) is 7.18. The Kier molecular flexibility index (Phi) is 6.22. The zero-order valence-electron chi connectivity index (χ0n) is 16.9. The molecule has 1 aliphatic rings. The van der Waals surface area contributed by atoms with Crippen LogP contribution < -0.4 is 10.1 Å². The van der Waals surface area contributed by atoms with Gasteiger partial charge >= 0.3 is 0 Å². The number of ether oxygens (including phenoxy) is 1. The van der Waals surface area contributed by atoms with E-state index in [4.69, 9.17) is 4.74 Å². The first kappa shape index (κ1) is 21.7. The van der Waals surface area contributed by atoms with Crippen LogP contribution in [0.4, 0.5) is 9.52 Å². The summed E-state index contributed by atoms with van der Waals surface area (Å²) in [6.07, 6.45) is 0.808. The highest BCUT2D eigenvalue weighted by Gasteiger charge is 2.32. The average Bonchev–Trinajstić information content (AvgIpc) is 3.18. The molecule has 1 amide bonds. The molecule has 10 heteroatoms. The second kappa shape index (κ2) is 8.89. The largest absolute Gasteiger partial charge is 0.492 e. The summed E-state index contributed by atoms with van der Waals surface area (Å²) >= 11 is 1.37. The quantitative estimate of drug-likeness (QED) is 0.600. The van der Waals surface area contributed by atoms with Gasteiger partial charge in [-0.2, -0.15) is 4.31 Å². The van der Waals surface area contributed by atoms with E-state index in [1.165, 1.54) is 27.8 Å². The number of aromatic nitrogens is 1. The number of anilines is 1. The highest BCUT2D eigenvalue weighted by molar-refractivity contribution is 7.89. The number of carbonyl (C=O) groups is 1. The predicted molar refractivity (Wildman–Crippen MR) is 117 cm³/mol. The molecule has 0 unspecified atom stereocenters. The van der Waals surface area contributed by atoms with Crippen molar-refractivity contribution in [2.24, 2.45) is 5.92 Å². The number of hydrogen-bond donors (Lipinski definition) is 1. The first-order chi connectivity index (χ1) is 14.9. The lowest BCUT2D eigenvalue weighted by Crippen LogP contribution is -2.41. The van der Waals surface area contributed by atoms with Crippen LogP contribution >= 0.6 is 11.3 Å². The van der Waals surface area contributed by atoms with Gasteiger partial charge in [-0.25, -0.2) is 17.8 Å². The van der Waals surface area contributed by atoms with Gasteiger partial charge in [0.05, 0.1) is 16.2 Å². The third kappa shape index (κ3) is 4.56. The summed E-state index contributed by atoms with van der Waals surface area (Å²) in [5.41, 5.74) is 0.713. The molecule has 0 spiro atoms. The van der Waals surface area contributed by atoms with Crippen LogP contribution in [0.5, 0.6) is 5.75 Å². The number of benzene rings is 2. The maximum atomic E-state index is 13.1. The summed E-state index contributed by atoms with van der Waals surface area (Å²) in [5, 5.41) is 3.36. The van der Waals surface area contributed by atoms with Crippen molar-refractivity contribution in [3.05, 3.63) is 48.3 Å². The molecule has 0 saturated carbocycles. The summed E-state index contributed by atoms with van der Waals surface area (Å²) in [6.45, 7) is 2.88. The topological polar surface area (TPSA) is 88.6 Å². The molecule has 4 rings (SSSR count). The Morgan fingerprint density at radius 1 is 1.23 bits per heavy atom. The Bertz CT molecular complexity index is 1190.